The van der Waals surface area contributed by atoms with E-state index in [2.05, 4.69) is 32.3 Å². The molecule has 1 aromatic heterocycles. The van der Waals surface area contributed by atoms with Gasteiger partial charge in [0.2, 0.25) is 0 Å². The maximum atomic E-state index is 12.1. The molecule has 2 aromatic rings. The van der Waals surface area contributed by atoms with Crippen LogP contribution in [-0.4, -0.2) is 13.4 Å². The molecule has 0 saturated carbocycles. The third-order valence-corrected chi connectivity index (χ3v) is 4.93. The molecule has 2 rings (SSSR count). The summed E-state index contributed by atoms with van der Waals surface area (Å²) in [7, 11) is -3.72. The van der Waals surface area contributed by atoms with E-state index in [4.69, 9.17) is 23.2 Å². The Morgan fingerprint density at radius 1 is 1.16 bits per heavy atom. The van der Waals surface area contributed by atoms with Crippen LogP contribution in [0.1, 0.15) is 0 Å². The minimum atomic E-state index is -3.72. The topological polar surface area (TPSA) is 59.1 Å². The summed E-state index contributed by atoms with van der Waals surface area (Å²) in [6, 6.07) is 8.19. The van der Waals surface area contributed by atoms with Crippen molar-refractivity contribution < 1.29 is 8.42 Å². The quantitative estimate of drug-likeness (QED) is 0.597. The fourth-order valence-corrected chi connectivity index (χ4v) is 3.01. The lowest BCUT2D eigenvalue weighted by Crippen LogP contribution is -2.13. The molecular weight excluding hydrogens is 422 g/mol. The fraction of sp³-hybridized carbons (Fsp3) is 0. The molecule has 0 saturated heterocycles. The predicted octanol–water partition coefficient (Wildman–Crippen LogP) is 3.79. The normalized spacial score (nSPS) is 11.3. The zero-order chi connectivity index (χ0) is 14.0. The van der Waals surface area contributed by atoms with E-state index < -0.39 is 10.0 Å². The Morgan fingerprint density at radius 2 is 1.79 bits per heavy atom. The molecule has 0 radical (unpaired) electrons. The van der Waals surface area contributed by atoms with Gasteiger partial charge in [-0.2, -0.15) is 0 Å². The van der Waals surface area contributed by atoms with Gasteiger partial charge in [0.05, 0.1) is 5.02 Å². The Balaban J connectivity index is 2.32. The summed E-state index contributed by atoms with van der Waals surface area (Å²) in [5.74, 6) is 0. The minimum Gasteiger partial charge on any atom is -0.280 e. The van der Waals surface area contributed by atoms with Gasteiger partial charge in [0.15, 0.2) is 0 Å². The highest BCUT2D eigenvalue weighted by Gasteiger charge is 2.16. The molecule has 0 unspecified atom stereocenters. The van der Waals surface area contributed by atoms with E-state index in [1.165, 1.54) is 6.07 Å². The van der Waals surface area contributed by atoms with Crippen molar-refractivity contribution in [2.24, 2.45) is 0 Å². The van der Waals surface area contributed by atoms with E-state index in [0.29, 0.717) is 5.69 Å². The van der Waals surface area contributed by atoms with Crippen molar-refractivity contribution in [1.29, 1.82) is 0 Å². The van der Waals surface area contributed by atoms with Gasteiger partial charge in [-0.05, 0) is 52.9 Å². The smallest absolute Gasteiger partial charge is 0.263 e. The van der Waals surface area contributed by atoms with Gasteiger partial charge in [-0.3, -0.25) is 4.72 Å². The zero-order valence-corrected chi connectivity index (χ0v) is 13.8. The number of nitrogens with one attached hydrogen (secondary N) is 1. The summed E-state index contributed by atoms with van der Waals surface area (Å²) in [5, 5.41) is 0.155. The van der Waals surface area contributed by atoms with Gasteiger partial charge in [-0.1, -0.05) is 23.2 Å². The van der Waals surface area contributed by atoms with Crippen LogP contribution in [0.15, 0.2) is 41.4 Å². The molecule has 100 valence electrons. The summed E-state index contributed by atoms with van der Waals surface area (Å²) >= 11 is 13.5. The molecule has 19 heavy (non-hydrogen) atoms. The average Bonchev–Trinajstić information content (AvgIpc) is 2.35. The number of hydrogen-bond donors (Lipinski definition) is 1. The monoisotopic (exact) mass is 428 g/mol. The lowest BCUT2D eigenvalue weighted by molar-refractivity contribution is 0.601. The standard InChI is InChI=1S/C11H7Cl2IN2O2S/c12-10-5-9(6-15-11(10)13)19(17,18)16-8-3-1-7(14)2-4-8/h1-6,16H. The second kappa shape index (κ2) is 5.82. The molecule has 0 amide bonds. The second-order valence-electron chi connectivity index (χ2n) is 3.56. The molecule has 0 aliphatic carbocycles. The first-order chi connectivity index (χ1) is 8.88. The van der Waals surface area contributed by atoms with Crippen molar-refractivity contribution in [1.82, 2.24) is 4.98 Å². The minimum absolute atomic E-state index is 0.0412. The Morgan fingerprint density at radius 3 is 2.37 bits per heavy atom. The van der Waals surface area contributed by atoms with Gasteiger partial charge in [-0.15, -0.1) is 0 Å². The zero-order valence-electron chi connectivity index (χ0n) is 9.27. The summed E-state index contributed by atoms with van der Waals surface area (Å²) in [6.45, 7) is 0. The van der Waals surface area contributed by atoms with E-state index in [1.807, 2.05) is 0 Å². The molecule has 0 spiro atoms. The molecule has 8 heteroatoms. The van der Waals surface area contributed by atoms with Gasteiger partial charge in [0, 0.05) is 15.5 Å². The van der Waals surface area contributed by atoms with Crippen molar-refractivity contribution >= 4 is 61.5 Å². The second-order valence-corrected chi connectivity index (χ2v) is 7.25. The number of pyridine rings is 1. The molecule has 1 heterocycles. The number of rotatable bonds is 3. The van der Waals surface area contributed by atoms with Gasteiger partial charge in [0.1, 0.15) is 10.0 Å². The van der Waals surface area contributed by atoms with Crippen molar-refractivity contribution in [2.45, 2.75) is 4.90 Å². The summed E-state index contributed by atoms with van der Waals surface area (Å²) in [4.78, 5) is 3.67. The summed E-state index contributed by atoms with van der Waals surface area (Å²) < 4.78 is 27.6. The van der Waals surface area contributed by atoms with Crippen LogP contribution in [0.3, 0.4) is 0 Å². The number of benzene rings is 1. The van der Waals surface area contributed by atoms with Gasteiger partial charge < -0.3 is 0 Å². The maximum absolute atomic E-state index is 12.1. The van der Waals surface area contributed by atoms with Gasteiger partial charge >= 0.3 is 0 Å². The van der Waals surface area contributed by atoms with Crippen LogP contribution in [0.25, 0.3) is 0 Å². The van der Waals surface area contributed by atoms with Crippen LogP contribution in [0.2, 0.25) is 10.2 Å². The molecule has 0 aliphatic heterocycles. The fourth-order valence-electron chi connectivity index (χ4n) is 1.28. The Bertz CT molecular complexity index is 705. The molecule has 4 nitrogen and oxygen atoms in total. The molecule has 0 bridgehead atoms. The molecule has 1 aromatic carbocycles. The van der Waals surface area contributed by atoms with E-state index in [9.17, 15) is 8.42 Å². The highest BCUT2D eigenvalue weighted by atomic mass is 127. The molecule has 0 fully saturated rings. The van der Waals surface area contributed by atoms with Crippen LogP contribution in [-0.2, 0) is 10.0 Å². The Hall–Kier alpha value is -0.570. The largest absolute Gasteiger partial charge is 0.280 e. The van der Waals surface area contributed by atoms with E-state index in [0.717, 1.165) is 9.77 Å². The number of hydrogen-bond acceptors (Lipinski definition) is 3. The Labute approximate surface area is 134 Å². The highest BCUT2D eigenvalue weighted by molar-refractivity contribution is 14.1. The predicted molar refractivity (Wildman–Crippen MR) is 84.2 cm³/mol. The molecular formula is C11H7Cl2IN2O2S. The van der Waals surface area contributed by atoms with Gasteiger partial charge in [-0.25, -0.2) is 13.4 Å². The summed E-state index contributed by atoms with van der Waals surface area (Å²) in [5.41, 5.74) is 0.464. The maximum Gasteiger partial charge on any atom is 0.263 e. The molecule has 0 aliphatic rings. The first-order valence-corrected chi connectivity index (χ1v) is 8.30. The number of aromatic nitrogens is 1. The number of sulfonamides is 1. The lowest BCUT2D eigenvalue weighted by atomic mass is 10.3. The SMILES string of the molecule is O=S(=O)(Nc1ccc(I)cc1)c1cnc(Cl)c(Cl)c1. The Kier molecular flexibility index (Phi) is 4.54. The number of halogens is 3. The lowest BCUT2D eigenvalue weighted by Gasteiger charge is -2.08. The highest BCUT2D eigenvalue weighted by Crippen LogP contribution is 2.23. The average molecular weight is 429 g/mol. The van der Waals surface area contributed by atoms with Crippen LogP contribution in [0.5, 0.6) is 0 Å². The third kappa shape index (κ3) is 3.71. The van der Waals surface area contributed by atoms with Crippen molar-refractivity contribution in [2.75, 3.05) is 4.72 Å². The van der Waals surface area contributed by atoms with Crippen molar-refractivity contribution in [3.05, 3.63) is 50.3 Å². The van der Waals surface area contributed by atoms with Crippen LogP contribution < -0.4 is 4.72 Å². The summed E-state index contributed by atoms with van der Waals surface area (Å²) in [6.07, 6.45) is 1.16. The third-order valence-electron chi connectivity index (χ3n) is 2.18. The first-order valence-electron chi connectivity index (χ1n) is 4.98. The first kappa shape index (κ1) is 14.8. The molecule has 0 atom stereocenters. The van der Waals surface area contributed by atoms with Crippen molar-refractivity contribution in [3.63, 3.8) is 0 Å². The van der Waals surface area contributed by atoms with Crippen molar-refractivity contribution in [3.8, 4) is 0 Å². The number of anilines is 1. The van der Waals surface area contributed by atoms with Crippen LogP contribution in [0.4, 0.5) is 5.69 Å². The molecule has 1 N–H and O–H groups in total. The van der Waals surface area contributed by atoms with E-state index in [-0.39, 0.29) is 15.1 Å². The number of nitrogens with zero attached hydrogens (tertiary/aromatic N) is 1. The van der Waals surface area contributed by atoms with Crippen LogP contribution in [0, 0.1) is 3.57 Å². The van der Waals surface area contributed by atoms with Gasteiger partial charge in [0.25, 0.3) is 10.0 Å². The van der Waals surface area contributed by atoms with E-state index in [1.54, 1.807) is 24.3 Å². The van der Waals surface area contributed by atoms with E-state index >= 15 is 0 Å². The van der Waals surface area contributed by atoms with Crippen LogP contribution >= 0.6 is 45.8 Å².